The van der Waals surface area contributed by atoms with Crippen molar-refractivity contribution < 1.29 is 19.1 Å². The van der Waals surface area contributed by atoms with E-state index in [4.69, 9.17) is 9.47 Å². The lowest BCUT2D eigenvalue weighted by Crippen LogP contribution is -2.47. The fraction of sp³-hybridized carbons (Fsp3) is 0.280. The molecule has 0 spiro atoms. The highest BCUT2D eigenvalue weighted by Gasteiger charge is 2.45. The van der Waals surface area contributed by atoms with Gasteiger partial charge in [-0.15, -0.1) is 11.3 Å². The Labute approximate surface area is 191 Å². The number of benzene rings is 2. The predicted molar refractivity (Wildman–Crippen MR) is 126 cm³/mol. The van der Waals surface area contributed by atoms with Crippen molar-refractivity contribution in [3.05, 3.63) is 81.5 Å². The van der Waals surface area contributed by atoms with Crippen LogP contribution in [0.5, 0.6) is 5.75 Å². The van der Waals surface area contributed by atoms with Gasteiger partial charge in [0.25, 0.3) is 5.91 Å². The number of ether oxygens (including phenoxy) is 2. The van der Waals surface area contributed by atoms with Crippen LogP contribution in [0.1, 0.15) is 38.3 Å². The number of carbonyl (C=O) groups excluding carboxylic acids is 2. The molecule has 2 unspecified atom stereocenters. The van der Waals surface area contributed by atoms with Crippen LogP contribution in [0.2, 0.25) is 0 Å². The molecule has 0 saturated carbocycles. The highest BCUT2D eigenvalue weighted by molar-refractivity contribution is 7.10. The molecule has 0 radical (unpaired) electrons. The van der Waals surface area contributed by atoms with Gasteiger partial charge in [-0.2, -0.15) is 0 Å². The monoisotopic (exact) mass is 450 g/mol. The van der Waals surface area contributed by atoms with E-state index in [1.165, 1.54) is 0 Å². The van der Waals surface area contributed by atoms with Crippen molar-refractivity contribution in [2.24, 2.45) is 0 Å². The van der Waals surface area contributed by atoms with Crippen LogP contribution in [0, 0.1) is 6.92 Å². The summed E-state index contributed by atoms with van der Waals surface area (Å²) in [5, 5.41) is 5.02. The number of fused-ring (bicyclic) bond motifs is 1. The summed E-state index contributed by atoms with van der Waals surface area (Å²) in [5.74, 6) is -0.142. The molecule has 1 aliphatic rings. The number of rotatable bonds is 7. The van der Waals surface area contributed by atoms with Crippen molar-refractivity contribution in [3.63, 3.8) is 0 Å². The Balaban J connectivity index is 1.82. The zero-order chi connectivity index (χ0) is 22.7. The lowest BCUT2D eigenvalue weighted by atomic mass is 9.80. The topological polar surface area (TPSA) is 67.9 Å². The summed E-state index contributed by atoms with van der Waals surface area (Å²) in [5.41, 5.74) is 2.86. The second-order valence-corrected chi connectivity index (χ2v) is 8.67. The maximum absolute atomic E-state index is 13.8. The second-order valence-electron chi connectivity index (χ2n) is 7.69. The summed E-state index contributed by atoms with van der Waals surface area (Å²) in [6, 6.07) is 16.5. The zero-order valence-corrected chi connectivity index (χ0v) is 19.1. The van der Waals surface area contributed by atoms with Gasteiger partial charge in [0.1, 0.15) is 5.75 Å². The molecule has 32 heavy (non-hydrogen) atoms. The minimum Gasteiger partial charge on any atom is -0.497 e. The first-order chi connectivity index (χ1) is 15.5. The molecule has 2 atom stereocenters. The van der Waals surface area contributed by atoms with E-state index in [2.05, 4.69) is 5.32 Å². The number of carbonyl (C=O) groups is 2. The quantitative estimate of drug-likeness (QED) is 0.570. The van der Waals surface area contributed by atoms with Gasteiger partial charge in [0, 0.05) is 35.8 Å². The first-order valence-corrected chi connectivity index (χ1v) is 11.3. The number of nitrogens with zero attached hydrogens (tertiary/aromatic N) is 1. The first-order valence-electron chi connectivity index (χ1n) is 10.4. The van der Waals surface area contributed by atoms with E-state index < -0.39 is 12.0 Å². The SMILES string of the molecule is COCCN1C(=O)c2c(C)cccc2C(C(=O)Nc2cccc(OC)c2)C1c1cccs1. The summed E-state index contributed by atoms with van der Waals surface area (Å²) in [7, 11) is 3.20. The molecule has 0 bridgehead atoms. The van der Waals surface area contributed by atoms with Crippen LogP contribution in [0.15, 0.2) is 60.0 Å². The van der Waals surface area contributed by atoms with Gasteiger partial charge in [0.2, 0.25) is 5.91 Å². The van der Waals surface area contributed by atoms with Crippen molar-refractivity contribution in [1.29, 1.82) is 0 Å². The molecule has 2 aromatic carbocycles. The Bertz CT molecular complexity index is 1110. The smallest absolute Gasteiger partial charge is 0.255 e. The molecule has 3 aromatic rings. The molecule has 7 heteroatoms. The van der Waals surface area contributed by atoms with Crippen LogP contribution in [-0.4, -0.2) is 44.1 Å². The molecule has 0 fully saturated rings. The highest BCUT2D eigenvalue weighted by atomic mass is 32.1. The Morgan fingerprint density at radius 2 is 1.94 bits per heavy atom. The third kappa shape index (κ3) is 4.13. The maximum atomic E-state index is 13.8. The first kappa shape index (κ1) is 22.0. The molecular formula is C25H26N2O4S. The number of hydrogen-bond donors (Lipinski definition) is 1. The van der Waals surface area contributed by atoms with Crippen molar-refractivity contribution in [2.45, 2.75) is 18.9 Å². The fourth-order valence-corrected chi connectivity index (χ4v) is 5.15. The highest BCUT2D eigenvalue weighted by Crippen LogP contribution is 2.45. The number of methoxy groups -OCH3 is 2. The average Bonchev–Trinajstić information content (AvgIpc) is 3.32. The third-order valence-electron chi connectivity index (χ3n) is 5.76. The van der Waals surface area contributed by atoms with Crippen LogP contribution in [0.4, 0.5) is 5.69 Å². The van der Waals surface area contributed by atoms with Crippen LogP contribution >= 0.6 is 11.3 Å². The lowest BCUT2D eigenvalue weighted by Gasteiger charge is -2.41. The van der Waals surface area contributed by atoms with Crippen molar-refractivity contribution >= 4 is 28.8 Å². The normalized spacial score (nSPS) is 17.7. The molecule has 0 saturated heterocycles. The second kappa shape index (κ2) is 9.54. The number of hydrogen-bond acceptors (Lipinski definition) is 5. The summed E-state index contributed by atoms with van der Waals surface area (Å²) in [6.45, 7) is 2.70. The van der Waals surface area contributed by atoms with Crippen LogP contribution in [-0.2, 0) is 9.53 Å². The van der Waals surface area contributed by atoms with Gasteiger partial charge in [-0.25, -0.2) is 0 Å². The zero-order valence-electron chi connectivity index (χ0n) is 18.3. The molecule has 1 aliphatic heterocycles. The molecule has 4 rings (SSSR count). The van der Waals surface area contributed by atoms with Gasteiger partial charge in [0.05, 0.1) is 25.7 Å². The van der Waals surface area contributed by atoms with E-state index >= 15 is 0 Å². The Kier molecular flexibility index (Phi) is 6.58. The molecule has 2 heterocycles. The van der Waals surface area contributed by atoms with Gasteiger partial charge < -0.3 is 19.7 Å². The van der Waals surface area contributed by atoms with E-state index in [9.17, 15) is 9.59 Å². The van der Waals surface area contributed by atoms with Crippen LogP contribution in [0.3, 0.4) is 0 Å². The van der Waals surface area contributed by atoms with Crippen LogP contribution < -0.4 is 10.1 Å². The van der Waals surface area contributed by atoms with Gasteiger partial charge in [0.15, 0.2) is 0 Å². The largest absolute Gasteiger partial charge is 0.497 e. The summed E-state index contributed by atoms with van der Waals surface area (Å²) < 4.78 is 10.6. The van der Waals surface area contributed by atoms with Gasteiger partial charge in [-0.1, -0.05) is 30.3 Å². The fourth-order valence-electron chi connectivity index (χ4n) is 4.27. The van der Waals surface area contributed by atoms with E-state index in [0.717, 1.165) is 16.0 Å². The standard InChI is InChI=1S/C25H26N2O4S/c1-16-7-4-10-19-21(16)25(29)27(12-13-30-2)23(20-11-6-14-32-20)22(19)24(28)26-17-8-5-9-18(15-17)31-3/h4-11,14-15,22-23H,12-13H2,1-3H3,(H,26,28). The van der Waals surface area contributed by atoms with Crippen molar-refractivity contribution in [3.8, 4) is 5.75 Å². The minimum atomic E-state index is -0.565. The molecular weight excluding hydrogens is 424 g/mol. The number of aryl methyl sites for hydroxylation is 1. The number of thiophene rings is 1. The van der Waals surface area contributed by atoms with Crippen molar-refractivity contribution in [1.82, 2.24) is 4.90 Å². The van der Waals surface area contributed by atoms with E-state index in [-0.39, 0.29) is 11.8 Å². The summed E-state index contributed by atoms with van der Waals surface area (Å²) in [6.07, 6.45) is 0. The number of nitrogens with one attached hydrogen (secondary N) is 1. The van der Waals surface area contributed by atoms with Crippen molar-refractivity contribution in [2.75, 3.05) is 32.7 Å². The van der Waals surface area contributed by atoms with E-state index in [1.54, 1.807) is 36.5 Å². The molecule has 0 aliphatic carbocycles. The Morgan fingerprint density at radius 1 is 1.12 bits per heavy atom. The van der Waals surface area contributed by atoms with E-state index in [0.29, 0.717) is 30.2 Å². The Hall–Kier alpha value is -3.16. The summed E-state index contributed by atoms with van der Waals surface area (Å²) in [4.78, 5) is 30.1. The average molecular weight is 451 g/mol. The van der Waals surface area contributed by atoms with Gasteiger partial charge >= 0.3 is 0 Å². The molecule has 166 valence electrons. The predicted octanol–water partition coefficient (Wildman–Crippen LogP) is 4.63. The van der Waals surface area contributed by atoms with Gasteiger partial charge in [-0.3, -0.25) is 9.59 Å². The van der Waals surface area contributed by atoms with Gasteiger partial charge in [-0.05, 0) is 41.6 Å². The molecule has 2 amide bonds. The number of amides is 2. The van der Waals surface area contributed by atoms with E-state index in [1.807, 2.05) is 60.8 Å². The minimum absolute atomic E-state index is 0.0704. The Morgan fingerprint density at radius 3 is 2.66 bits per heavy atom. The maximum Gasteiger partial charge on any atom is 0.255 e. The third-order valence-corrected chi connectivity index (χ3v) is 6.70. The lowest BCUT2D eigenvalue weighted by molar-refractivity contribution is -0.119. The molecule has 6 nitrogen and oxygen atoms in total. The molecule has 1 N–H and O–H groups in total. The number of anilines is 1. The summed E-state index contributed by atoms with van der Waals surface area (Å²) >= 11 is 1.55. The van der Waals surface area contributed by atoms with Crippen LogP contribution in [0.25, 0.3) is 0 Å². The molecule has 1 aromatic heterocycles.